The normalized spacial score (nSPS) is 29.9. The van der Waals surface area contributed by atoms with Gasteiger partial charge in [0, 0.05) is 21.2 Å². The van der Waals surface area contributed by atoms with Crippen molar-refractivity contribution in [1.29, 1.82) is 0 Å². The van der Waals surface area contributed by atoms with E-state index in [2.05, 4.69) is 67.5 Å². The van der Waals surface area contributed by atoms with Crippen LogP contribution >= 0.6 is 31.9 Å². The van der Waals surface area contributed by atoms with E-state index in [1.807, 2.05) is 0 Å². The van der Waals surface area contributed by atoms with Gasteiger partial charge in [-0.15, -0.1) is 0 Å². The Labute approximate surface area is 119 Å². The maximum absolute atomic E-state index is 3.58. The van der Waals surface area contributed by atoms with Crippen LogP contribution in [-0.2, 0) is 0 Å². The molecule has 3 atom stereocenters. The monoisotopic (exact) mass is 355 g/mol. The fourth-order valence-corrected chi connectivity index (χ4v) is 3.75. The molecule has 0 aliphatic heterocycles. The smallest absolute Gasteiger partial charge is 0.0496 e. The van der Waals surface area contributed by atoms with Crippen LogP contribution in [0.3, 0.4) is 0 Å². The number of fused-ring (bicyclic) bond motifs is 2. The number of hydrogen-bond acceptors (Lipinski definition) is 1. The first kappa shape index (κ1) is 11.8. The second-order valence-corrected chi connectivity index (χ2v) is 6.82. The van der Waals surface area contributed by atoms with Crippen LogP contribution in [-0.4, -0.2) is 6.54 Å². The van der Waals surface area contributed by atoms with Crippen LogP contribution in [0.5, 0.6) is 0 Å². The third kappa shape index (κ3) is 2.45. The molecule has 2 aliphatic carbocycles. The lowest BCUT2D eigenvalue weighted by Crippen LogP contribution is -2.18. The van der Waals surface area contributed by atoms with Crippen LogP contribution in [0.4, 0.5) is 5.69 Å². The van der Waals surface area contributed by atoms with Crippen LogP contribution in [0.25, 0.3) is 0 Å². The molecule has 3 heteroatoms. The highest BCUT2D eigenvalue weighted by molar-refractivity contribution is 9.11. The number of nitrogens with one attached hydrogen (secondary N) is 1. The van der Waals surface area contributed by atoms with E-state index in [4.69, 9.17) is 0 Å². The molecular formula is C14H15Br2N. The molecule has 2 aliphatic rings. The van der Waals surface area contributed by atoms with E-state index in [-0.39, 0.29) is 0 Å². The van der Waals surface area contributed by atoms with Gasteiger partial charge in [0.25, 0.3) is 0 Å². The summed E-state index contributed by atoms with van der Waals surface area (Å²) in [5.41, 5.74) is 1.19. The molecule has 0 spiro atoms. The van der Waals surface area contributed by atoms with Gasteiger partial charge in [0.1, 0.15) is 0 Å². The molecular weight excluding hydrogens is 342 g/mol. The van der Waals surface area contributed by atoms with Gasteiger partial charge in [-0.2, -0.15) is 0 Å². The van der Waals surface area contributed by atoms with Crippen molar-refractivity contribution in [3.05, 3.63) is 39.3 Å². The number of anilines is 1. The van der Waals surface area contributed by atoms with E-state index in [9.17, 15) is 0 Å². The molecule has 1 saturated carbocycles. The molecule has 0 amide bonds. The molecule has 1 fully saturated rings. The topological polar surface area (TPSA) is 12.0 Å². The summed E-state index contributed by atoms with van der Waals surface area (Å²) in [6.07, 6.45) is 7.55. The van der Waals surface area contributed by atoms with Crippen molar-refractivity contribution < 1.29 is 0 Å². The van der Waals surface area contributed by atoms with E-state index in [0.29, 0.717) is 0 Å². The van der Waals surface area contributed by atoms with Gasteiger partial charge >= 0.3 is 0 Å². The van der Waals surface area contributed by atoms with E-state index >= 15 is 0 Å². The molecule has 1 nitrogen and oxygen atoms in total. The Hall–Kier alpha value is -0.280. The Bertz CT molecular complexity index is 456. The highest BCUT2D eigenvalue weighted by atomic mass is 79.9. The highest BCUT2D eigenvalue weighted by Crippen LogP contribution is 2.43. The number of rotatable bonds is 3. The first-order valence-corrected chi connectivity index (χ1v) is 7.68. The van der Waals surface area contributed by atoms with E-state index in [1.54, 1.807) is 0 Å². The summed E-state index contributed by atoms with van der Waals surface area (Å²) in [4.78, 5) is 0. The average Bonchev–Trinajstić information content (AvgIpc) is 2.92. The largest absolute Gasteiger partial charge is 0.384 e. The predicted octanol–water partition coefficient (Wildman–Crippen LogP) is 4.84. The van der Waals surface area contributed by atoms with Crippen molar-refractivity contribution in [3.63, 3.8) is 0 Å². The maximum atomic E-state index is 3.58. The summed E-state index contributed by atoms with van der Waals surface area (Å²) < 4.78 is 2.26. The van der Waals surface area contributed by atoms with E-state index < -0.39 is 0 Å². The second kappa shape index (κ2) is 4.77. The van der Waals surface area contributed by atoms with Gasteiger partial charge in [-0.3, -0.25) is 0 Å². The Morgan fingerprint density at radius 3 is 2.76 bits per heavy atom. The first-order valence-electron chi connectivity index (χ1n) is 6.09. The number of allylic oxidation sites excluding steroid dienone is 2. The van der Waals surface area contributed by atoms with E-state index in [0.717, 1.165) is 33.2 Å². The van der Waals surface area contributed by atoms with Gasteiger partial charge in [-0.1, -0.05) is 28.1 Å². The number of halogens is 2. The zero-order valence-corrected chi connectivity index (χ0v) is 12.7. The van der Waals surface area contributed by atoms with Gasteiger partial charge in [-0.05, 0) is 64.7 Å². The summed E-state index contributed by atoms with van der Waals surface area (Å²) >= 11 is 7.09. The van der Waals surface area contributed by atoms with Crippen LogP contribution in [0.15, 0.2) is 39.3 Å². The highest BCUT2D eigenvalue weighted by Gasteiger charge is 2.35. The quantitative estimate of drug-likeness (QED) is 0.764. The van der Waals surface area contributed by atoms with Crippen LogP contribution in [0.1, 0.15) is 12.8 Å². The van der Waals surface area contributed by atoms with Gasteiger partial charge in [-0.25, -0.2) is 0 Å². The third-order valence-electron chi connectivity index (χ3n) is 3.90. The zero-order chi connectivity index (χ0) is 11.8. The summed E-state index contributed by atoms with van der Waals surface area (Å²) in [7, 11) is 0. The van der Waals surface area contributed by atoms with Gasteiger partial charge < -0.3 is 5.32 Å². The summed E-state index contributed by atoms with van der Waals surface area (Å²) in [5.74, 6) is 2.49. The minimum absolute atomic E-state index is 0.816. The molecule has 0 heterocycles. The molecule has 3 rings (SSSR count). The minimum Gasteiger partial charge on any atom is -0.384 e. The molecule has 0 aromatic heterocycles. The standard InChI is InChI=1S/C14H15Br2N/c15-12-3-4-13(16)14(7-12)17-8-11-6-9-1-2-10(11)5-9/h1-4,7,9-11,17H,5-6,8H2. The van der Waals surface area contributed by atoms with Crippen molar-refractivity contribution in [1.82, 2.24) is 0 Å². The molecule has 1 aromatic rings. The summed E-state index contributed by atoms with van der Waals surface area (Å²) in [6, 6.07) is 6.26. The lowest BCUT2D eigenvalue weighted by Gasteiger charge is -2.19. The number of hydrogen-bond donors (Lipinski definition) is 1. The fraction of sp³-hybridized carbons (Fsp3) is 0.429. The Balaban J connectivity index is 1.64. The molecule has 1 N–H and O–H groups in total. The summed E-state index contributed by atoms with van der Waals surface area (Å²) in [5, 5.41) is 3.57. The Kier molecular flexibility index (Phi) is 3.31. The van der Waals surface area contributed by atoms with Crippen molar-refractivity contribution in [2.75, 3.05) is 11.9 Å². The van der Waals surface area contributed by atoms with Crippen molar-refractivity contribution in [3.8, 4) is 0 Å². The predicted molar refractivity (Wildman–Crippen MR) is 79.2 cm³/mol. The molecule has 2 bridgehead atoms. The van der Waals surface area contributed by atoms with Crippen LogP contribution in [0.2, 0.25) is 0 Å². The average molecular weight is 357 g/mol. The molecule has 17 heavy (non-hydrogen) atoms. The fourth-order valence-electron chi connectivity index (χ4n) is 3.00. The summed E-state index contributed by atoms with van der Waals surface area (Å²) in [6.45, 7) is 1.08. The Morgan fingerprint density at radius 1 is 1.18 bits per heavy atom. The van der Waals surface area contributed by atoms with Gasteiger partial charge in [0.05, 0.1) is 0 Å². The maximum Gasteiger partial charge on any atom is 0.0496 e. The van der Waals surface area contributed by atoms with Crippen molar-refractivity contribution in [2.45, 2.75) is 12.8 Å². The first-order chi connectivity index (χ1) is 8.22. The van der Waals surface area contributed by atoms with Gasteiger partial charge in [0.2, 0.25) is 0 Å². The van der Waals surface area contributed by atoms with Crippen molar-refractivity contribution in [2.24, 2.45) is 17.8 Å². The lowest BCUT2D eigenvalue weighted by molar-refractivity contribution is 0.472. The second-order valence-electron chi connectivity index (χ2n) is 5.05. The SMILES string of the molecule is Brc1ccc(Br)c(NCC2CC3C=CC2C3)c1. The molecule has 0 radical (unpaired) electrons. The molecule has 0 saturated heterocycles. The van der Waals surface area contributed by atoms with E-state index in [1.165, 1.54) is 18.5 Å². The van der Waals surface area contributed by atoms with Crippen LogP contribution in [0, 0.1) is 17.8 Å². The molecule has 90 valence electrons. The van der Waals surface area contributed by atoms with Crippen LogP contribution < -0.4 is 5.32 Å². The minimum atomic E-state index is 0.816. The molecule has 3 unspecified atom stereocenters. The Morgan fingerprint density at radius 2 is 2.06 bits per heavy atom. The molecule has 1 aromatic carbocycles. The lowest BCUT2D eigenvalue weighted by atomic mass is 9.93. The third-order valence-corrected chi connectivity index (χ3v) is 5.08. The van der Waals surface area contributed by atoms with Crippen molar-refractivity contribution >= 4 is 37.5 Å². The zero-order valence-electron chi connectivity index (χ0n) is 9.50. The number of benzene rings is 1. The van der Waals surface area contributed by atoms with Gasteiger partial charge in [0.15, 0.2) is 0 Å².